The molecule has 19 heavy (non-hydrogen) atoms. The monoisotopic (exact) mass is 264 g/mol. The summed E-state index contributed by atoms with van der Waals surface area (Å²) >= 11 is 0. The van der Waals surface area contributed by atoms with Gasteiger partial charge in [0.25, 0.3) is 0 Å². The molecule has 0 aromatic rings. The second kappa shape index (κ2) is 5.92. The minimum absolute atomic E-state index is 0.0852. The molecule has 106 valence electrons. The lowest BCUT2D eigenvalue weighted by molar-refractivity contribution is -0.132. The average Bonchev–Trinajstić information content (AvgIpc) is 2.95. The van der Waals surface area contributed by atoms with Gasteiger partial charge in [-0.25, -0.2) is 0 Å². The van der Waals surface area contributed by atoms with Crippen molar-refractivity contribution in [3.63, 3.8) is 0 Å². The minimum Gasteiger partial charge on any atom is -0.381 e. The number of carbonyl (C=O) groups is 1. The maximum absolute atomic E-state index is 12.4. The summed E-state index contributed by atoms with van der Waals surface area (Å²) in [6.45, 7) is 3.96. The van der Waals surface area contributed by atoms with E-state index in [0.29, 0.717) is 26.1 Å². The first-order chi connectivity index (χ1) is 9.16. The summed E-state index contributed by atoms with van der Waals surface area (Å²) in [5, 5.41) is 12.4. The van der Waals surface area contributed by atoms with Crippen molar-refractivity contribution in [1.29, 1.82) is 5.26 Å². The van der Waals surface area contributed by atoms with Gasteiger partial charge in [0, 0.05) is 19.8 Å². The molecule has 2 fully saturated rings. The van der Waals surface area contributed by atoms with Crippen LogP contribution in [-0.4, -0.2) is 25.7 Å². The minimum atomic E-state index is -0.855. The van der Waals surface area contributed by atoms with E-state index in [4.69, 9.17) is 4.74 Å². The van der Waals surface area contributed by atoms with Gasteiger partial charge in [0.2, 0.25) is 5.91 Å². The highest BCUT2D eigenvalue weighted by molar-refractivity contribution is 5.85. The van der Waals surface area contributed by atoms with Crippen LogP contribution in [0.25, 0.3) is 0 Å². The molecule has 0 aromatic heterocycles. The quantitative estimate of drug-likeness (QED) is 0.848. The zero-order valence-corrected chi connectivity index (χ0v) is 11.8. The van der Waals surface area contributed by atoms with Crippen LogP contribution in [0.3, 0.4) is 0 Å². The smallest absolute Gasteiger partial charge is 0.240 e. The Bertz CT molecular complexity index is 361. The van der Waals surface area contributed by atoms with Crippen LogP contribution in [0, 0.1) is 22.2 Å². The van der Waals surface area contributed by atoms with Crippen molar-refractivity contribution in [2.45, 2.75) is 51.9 Å². The molecule has 0 bridgehead atoms. The molecule has 4 heteroatoms. The van der Waals surface area contributed by atoms with Gasteiger partial charge < -0.3 is 10.1 Å². The molecule has 0 radical (unpaired) electrons. The molecular formula is C15H24N2O2. The van der Waals surface area contributed by atoms with Gasteiger partial charge in [-0.15, -0.1) is 0 Å². The Kier molecular flexibility index (Phi) is 4.46. The number of carbonyl (C=O) groups excluding carboxylic acids is 1. The maximum Gasteiger partial charge on any atom is 0.240 e. The molecule has 4 nitrogen and oxygen atoms in total. The molecule has 0 atom stereocenters. The normalized spacial score (nSPS) is 24.6. The molecule has 1 saturated carbocycles. The predicted octanol–water partition coefficient (Wildman–Crippen LogP) is 2.39. The summed E-state index contributed by atoms with van der Waals surface area (Å²) in [5.41, 5.74) is -0.580. The third-order valence-electron chi connectivity index (χ3n) is 5.03. The summed E-state index contributed by atoms with van der Waals surface area (Å²) in [6.07, 6.45) is 7.08. The van der Waals surface area contributed by atoms with Crippen molar-refractivity contribution in [3.05, 3.63) is 0 Å². The van der Waals surface area contributed by atoms with Crippen molar-refractivity contribution in [1.82, 2.24) is 5.32 Å². The number of hydrogen-bond acceptors (Lipinski definition) is 3. The van der Waals surface area contributed by atoms with Gasteiger partial charge in [-0.2, -0.15) is 5.26 Å². The first-order valence-corrected chi connectivity index (χ1v) is 7.44. The zero-order valence-electron chi connectivity index (χ0n) is 11.8. The summed E-state index contributed by atoms with van der Waals surface area (Å²) < 4.78 is 5.26. The molecule has 0 spiro atoms. The van der Waals surface area contributed by atoms with E-state index in [2.05, 4.69) is 18.3 Å². The second-order valence-corrected chi connectivity index (χ2v) is 6.05. The number of amides is 1. The molecule has 1 amide bonds. The fourth-order valence-electron chi connectivity index (χ4n) is 3.33. The first kappa shape index (κ1) is 14.3. The highest BCUT2D eigenvalue weighted by Crippen LogP contribution is 2.40. The highest BCUT2D eigenvalue weighted by Gasteiger charge is 2.41. The summed E-state index contributed by atoms with van der Waals surface area (Å²) in [5.74, 6) is -0.0852. The lowest BCUT2D eigenvalue weighted by Crippen LogP contribution is -2.46. The molecule has 1 N–H and O–H groups in total. The largest absolute Gasteiger partial charge is 0.381 e. The van der Waals surface area contributed by atoms with E-state index in [0.717, 1.165) is 13.0 Å². The van der Waals surface area contributed by atoms with Gasteiger partial charge >= 0.3 is 0 Å². The second-order valence-electron chi connectivity index (χ2n) is 6.05. The van der Waals surface area contributed by atoms with E-state index in [1.807, 2.05) is 0 Å². The molecule has 2 rings (SSSR count). The van der Waals surface area contributed by atoms with Crippen LogP contribution in [0.5, 0.6) is 0 Å². The van der Waals surface area contributed by atoms with Crippen molar-refractivity contribution < 1.29 is 9.53 Å². The fourth-order valence-corrected chi connectivity index (χ4v) is 3.33. The van der Waals surface area contributed by atoms with E-state index in [1.165, 1.54) is 25.7 Å². The zero-order chi connectivity index (χ0) is 13.8. The van der Waals surface area contributed by atoms with Crippen LogP contribution >= 0.6 is 0 Å². The first-order valence-electron chi connectivity index (χ1n) is 7.44. The van der Waals surface area contributed by atoms with Crippen molar-refractivity contribution in [2.75, 3.05) is 19.8 Å². The van der Waals surface area contributed by atoms with Crippen molar-refractivity contribution in [3.8, 4) is 6.07 Å². The third-order valence-corrected chi connectivity index (χ3v) is 5.03. The van der Waals surface area contributed by atoms with Crippen LogP contribution in [-0.2, 0) is 9.53 Å². The van der Waals surface area contributed by atoms with Gasteiger partial charge in [-0.3, -0.25) is 4.79 Å². The van der Waals surface area contributed by atoms with Gasteiger partial charge in [0.05, 0.1) is 6.07 Å². The SMILES string of the molecule is CCC1(CNC(=O)C2(C#N)CCOCC2)CCCC1. The molecule has 1 aliphatic carbocycles. The molecule has 0 unspecified atom stereocenters. The molecule has 1 saturated heterocycles. The summed E-state index contributed by atoms with van der Waals surface area (Å²) in [6, 6.07) is 2.23. The predicted molar refractivity (Wildman–Crippen MR) is 72.3 cm³/mol. The molecule has 1 heterocycles. The number of ether oxygens (including phenoxy) is 1. The van der Waals surface area contributed by atoms with Crippen molar-refractivity contribution in [2.24, 2.45) is 10.8 Å². The van der Waals surface area contributed by atoms with E-state index in [-0.39, 0.29) is 11.3 Å². The number of nitriles is 1. The van der Waals surface area contributed by atoms with Gasteiger partial charge in [0.15, 0.2) is 0 Å². The molecular weight excluding hydrogens is 240 g/mol. The summed E-state index contributed by atoms with van der Waals surface area (Å²) in [7, 11) is 0. The molecule has 0 aromatic carbocycles. The van der Waals surface area contributed by atoms with E-state index in [9.17, 15) is 10.1 Å². The Hall–Kier alpha value is -1.08. The lowest BCUT2D eigenvalue weighted by Gasteiger charge is -2.32. The Morgan fingerprint density at radius 3 is 2.42 bits per heavy atom. The van der Waals surface area contributed by atoms with Crippen LogP contribution < -0.4 is 5.32 Å². The van der Waals surface area contributed by atoms with E-state index >= 15 is 0 Å². The lowest BCUT2D eigenvalue weighted by atomic mass is 9.79. The van der Waals surface area contributed by atoms with E-state index < -0.39 is 5.41 Å². The molecule has 2 aliphatic rings. The standard InChI is InChI=1S/C15H24N2O2/c1-2-14(5-3-4-6-14)12-17-13(18)15(11-16)7-9-19-10-8-15/h2-10,12H2,1H3,(H,17,18). The average molecular weight is 264 g/mol. The number of hydrogen-bond donors (Lipinski definition) is 1. The van der Waals surface area contributed by atoms with Crippen LogP contribution in [0.15, 0.2) is 0 Å². The van der Waals surface area contributed by atoms with Gasteiger partial charge in [-0.05, 0) is 37.5 Å². The maximum atomic E-state index is 12.4. The van der Waals surface area contributed by atoms with Crippen LogP contribution in [0.4, 0.5) is 0 Å². The number of nitrogens with one attached hydrogen (secondary N) is 1. The Morgan fingerprint density at radius 1 is 1.26 bits per heavy atom. The Morgan fingerprint density at radius 2 is 1.89 bits per heavy atom. The number of rotatable bonds is 4. The highest BCUT2D eigenvalue weighted by atomic mass is 16.5. The van der Waals surface area contributed by atoms with Crippen molar-refractivity contribution >= 4 is 5.91 Å². The van der Waals surface area contributed by atoms with Crippen LogP contribution in [0.1, 0.15) is 51.9 Å². The van der Waals surface area contributed by atoms with Crippen LogP contribution in [0.2, 0.25) is 0 Å². The topological polar surface area (TPSA) is 62.1 Å². The number of nitrogens with zero attached hydrogens (tertiary/aromatic N) is 1. The fraction of sp³-hybridized carbons (Fsp3) is 0.867. The third kappa shape index (κ3) is 2.92. The van der Waals surface area contributed by atoms with E-state index in [1.54, 1.807) is 0 Å². The Labute approximate surface area is 115 Å². The molecule has 1 aliphatic heterocycles. The van der Waals surface area contributed by atoms with Gasteiger partial charge in [0.1, 0.15) is 5.41 Å². The Balaban J connectivity index is 1.94. The van der Waals surface area contributed by atoms with Gasteiger partial charge in [-0.1, -0.05) is 19.8 Å². The summed E-state index contributed by atoms with van der Waals surface area (Å²) in [4.78, 5) is 12.4.